The van der Waals surface area contributed by atoms with Crippen LogP contribution < -0.4 is 4.90 Å². The van der Waals surface area contributed by atoms with Crippen molar-refractivity contribution in [3.05, 3.63) is 188 Å². The number of furan rings is 1. The van der Waals surface area contributed by atoms with Crippen LogP contribution in [0.25, 0.3) is 66.1 Å². The Bertz CT molecular complexity index is 2430. The summed E-state index contributed by atoms with van der Waals surface area (Å²) in [5.74, 6) is 0. The number of rotatable bonds is 6. The Morgan fingerprint density at radius 1 is 0.333 bits per heavy atom. The molecule has 226 valence electrons. The third kappa shape index (κ3) is 4.92. The maximum atomic E-state index is 6.48. The molecule has 0 unspecified atom stereocenters. The van der Waals surface area contributed by atoms with Gasteiger partial charge in [0.1, 0.15) is 11.2 Å². The topological polar surface area (TPSA) is 16.4 Å². The lowest BCUT2D eigenvalue weighted by atomic mass is 9.98. The molecular formula is C46H31NO. The largest absolute Gasteiger partial charge is 0.455 e. The van der Waals surface area contributed by atoms with Crippen molar-refractivity contribution >= 4 is 49.8 Å². The summed E-state index contributed by atoms with van der Waals surface area (Å²) >= 11 is 0. The number of nitrogens with zero attached hydrogens (tertiary/aromatic N) is 1. The van der Waals surface area contributed by atoms with E-state index in [-0.39, 0.29) is 0 Å². The molecule has 0 radical (unpaired) electrons. The van der Waals surface area contributed by atoms with E-state index < -0.39 is 0 Å². The Balaban J connectivity index is 1.13. The van der Waals surface area contributed by atoms with Gasteiger partial charge in [-0.15, -0.1) is 0 Å². The number of benzene rings is 8. The molecule has 9 rings (SSSR count). The van der Waals surface area contributed by atoms with Gasteiger partial charge in [0.25, 0.3) is 0 Å². The monoisotopic (exact) mass is 613 g/mol. The summed E-state index contributed by atoms with van der Waals surface area (Å²) in [6.07, 6.45) is 0. The molecule has 2 heteroatoms. The van der Waals surface area contributed by atoms with Crippen LogP contribution in [-0.2, 0) is 0 Å². The smallest absolute Gasteiger partial charge is 0.143 e. The molecule has 0 N–H and O–H groups in total. The highest BCUT2D eigenvalue weighted by Gasteiger charge is 2.17. The van der Waals surface area contributed by atoms with E-state index in [4.69, 9.17) is 4.42 Å². The van der Waals surface area contributed by atoms with Crippen LogP contribution in [0, 0.1) is 0 Å². The quantitative estimate of drug-likeness (QED) is 0.185. The molecular weight excluding hydrogens is 583 g/mol. The van der Waals surface area contributed by atoms with Crippen LogP contribution in [0.2, 0.25) is 0 Å². The van der Waals surface area contributed by atoms with Crippen LogP contribution in [0.5, 0.6) is 0 Å². The molecule has 0 spiro atoms. The van der Waals surface area contributed by atoms with E-state index in [1.54, 1.807) is 0 Å². The molecule has 0 aliphatic rings. The summed E-state index contributed by atoms with van der Waals surface area (Å²) < 4.78 is 6.48. The van der Waals surface area contributed by atoms with Crippen molar-refractivity contribution in [2.45, 2.75) is 0 Å². The first-order valence-electron chi connectivity index (χ1n) is 16.3. The fourth-order valence-corrected chi connectivity index (χ4v) is 6.90. The number of hydrogen-bond donors (Lipinski definition) is 0. The summed E-state index contributed by atoms with van der Waals surface area (Å²) in [6, 6.07) is 66.8. The zero-order valence-electron chi connectivity index (χ0n) is 26.3. The lowest BCUT2D eigenvalue weighted by Crippen LogP contribution is -2.09. The molecule has 9 aromatic rings. The van der Waals surface area contributed by atoms with Crippen LogP contribution in [-0.4, -0.2) is 0 Å². The van der Waals surface area contributed by atoms with E-state index in [9.17, 15) is 0 Å². The van der Waals surface area contributed by atoms with E-state index in [0.717, 1.165) is 50.0 Å². The molecule has 8 aromatic carbocycles. The highest BCUT2D eigenvalue weighted by Crippen LogP contribution is 2.41. The van der Waals surface area contributed by atoms with Crippen molar-refractivity contribution < 1.29 is 4.42 Å². The lowest BCUT2D eigenvalue weighted by Gasteiger charge is -2.26. The predicted molar refractivity (Wildman–Crippen MR) is 202 cm³/mol. The second-order valence-corrected chi connectivity index (χ2v) is 12.2. The Morgan fingerprint density at radius 3 is 1.42 bits per heavy atom. The third-order valence-corrected chi connectivity index (χ3v) is 9.29. The van der Waals surface area contributed by atoms with Gasteiger partial charge in [-0.05, 0) is 87.3 Å². The lowest BCUT2D eigenvalue weighted by molar-refractivity contribution is 0.673. The molecule has 0 saturated heterocycles. The summed E-state index contributed by atoms with van der Waals surface area (Å²) in [4.78, 5) is 2.33. The zero-order chi connectivity index (χ0) is 31.9. The summed E-state index contributed by atoms with van der Waals surface area (Å²) in [6.45, 7) is 0. The summed E-state index contributed by atoms with van der Waals surface area (Å²) in [5.41, 5.74) is 12.3. The van der Waals surface area contributed by atoms with Crippen molar-refractivity contribution in [3.8, 4) is 33.4 Å². The number of fused-ring (bicyclic) bond motifs is 5. The number of anilines is 3. The van der Waals surface area contributed by atoms with Gasteiger partial charge < -0.3 is 9.32 Å². The van der Waals surface area contributed by atoms with Gasteiger partial charge in [0.2, 0.25) is 0 Å². The molecule has 0 saturated carbocycles. The van der Waals surface area contributed by atoms with E-state index in [2.05, 4.69) is 193 Å². The molecule has 1 heterocycles. The van der Waals surface area contributed by atoms with E-state index in [0.29, 0.717) is 0 Å². The predicted octanol–water partition coefficient (Wildman–Crippen LogP) is 13.2. The van der Waals surface area contributed by atoms with Gasteiger partial charge in [0, 0.05) is 33.2 Å². The molecule has 0 amide bonds. The second-order valence-electron chi connectivity index (χ2n) is 12.2. The van der Waals surface area contributed by atoms with Gasteiger partial charge in [0.15, 0.2) is 0 Å². The molecule has 0 bridgehead atoms. The Labute approximate surface area is 279 Å². The normalized spacial score (nSPS) is 11.3. The van der Waals surface area contributed by atoms with Gasteiger partial charge in [-0.1, -0.05) is 140 Å². The average Bonchev–Trinajstić information content (AvgIpc) is 3.56. The molecule has 0 fully saturated rings. The molecule has 0 aliphatic heterocycles. The van der Waals surface area contributed by atoms with E-state index in [1.165, 1.54) is 33.2 Å². The first kappa shape index (κ1) is 27.9. The van der Waals surface area contributed by atoms with E-state index in [1.807, 2.05) is 0 Å². The summed E-state index contributed by atoms with van der Waals surface area (Å²) in [5, 5.41) is 4.61. The fraction of sp³-hybridized carbons (Fsp3) is 0. The van der Waals surface area contributed by atoms with Crippen molar-refractivity contribution in [2.24, 2.45) is 0 Å². The Morgan fingerprint density at radius 2 is 0.833 bits per heavy atom. The number of hydrogen-bond acceptors (Lipinski definition) is 2. The maximum Gasteiger partial charge on any atom is 0.143 e. The third-order valence-electron chi connectivity index (χ3n) is 9.29. The fourth-order valence-electron chi connectivity index (χ4n) is 6.90. The molecule has 48 heavy (non-hydrogen) atoms. The standard InChI is InChI=1S/C46H31NO/c1-3-10-32(11-4-1)34-18-25-38(26-19-34)47(39-27-20-35(21-28-39)33-12-5-2-6-13-33)40-29-22-37(23-30-40)41-16-9-17-44-45(41)43-31-24-36-14-7-8-15-42(36)46(43)48-44/h1-31H. The minimum absolute atomic E-state index is 0.904. The van der Waals surface area contributed by atoms with Crippen molar-refractivity contribution in [1.29, 1.82) is 0 Å². The van der Waals surface area contributed by atoms with E-state index >= 15 is 0 Å². The van der Waals surface area contributed by atoms with Gasteiger partial charge in [-0.25, -0.2) is 0 Å². The second kappa shape index (κ2) is 11.8. The molecule has 0 aliphatic carbocycles. The SMILES string of the molecule is c1ccc(-c2ccc(N(c3ccc(-c4ccccc4)cc3)c3ccc(-c4cccc5oc6c7ccccc7ccc6c45)cc3)cc2)cc1. The Hall–Kier alpha value is -6.38. The van der Waals surface area contributed by atoms with Crippen LogP contribution >= 0.6 is 0 Å². The molecule has 0 atom stereocenters. The minimum atomic E-state index is 0.904. The van der Waals surface area contributed by atoms with Crippen molar-refractivity contribution in [2.75, 3.05) is 4.90 Å². The minimum Gasteiger partial charge on any atom is -0.455 e. The zero-order valence-corrected chi connectivity index (χ0v) is 26.3. The van der Waals surface area contributed by atoms with Crippen molar-refractivity contribution in [1.82, 2.24) is 0 Å². The van der Waals surface area contributed by atoms with Gasteiger partial charge in [-0.3, -0.25) is 0 Å². The van der Waals surface area contributed by atoms with Crippen LogP contribution in [0.4, 0.5) is 17.1 Å². The van der Waals surface area contributed by atoms with Crippen LogP contribution in [0.3, 0.4) is 0 Å². The van der Waals surface area contributed by atoms with Gasteiger partial charge in [-0.2, -0.15) is 0 Å². The van der Waals surface area contributed by atoms with Crippen LogP contribution in [0.1, 0.15) is 0 Å². The summed E-state index contributed by atoms with van der Waals surface area (Å²) in [7, 11) is 0. The first-order chi connectivity index (χ1) is 23.8. The molecule has 2 nitrogen and oxygen atoms in total. The highest BCUT2D eigenvalue weighted by atomic mass is 16.3. The maximum absolute atomic E-state index is 6.48. The Kier molecular flexibility index (Phi) is 6.84. The van der Waals surface area contributed by atoms with Gasteiger partial charge in [0.05, 0.1) is 0 Å². The first-order valence-corrected chi connectivity index (χ1v) is 16.3. The van der Waals surface area contributed by atoms with Crippen LogP contribution in [0.15, 0.2) is 192 Å². The van der Waals surface area contributed by atoms with Crippen molar-refractivity contribution in [3.63, 3.8) is 0 Å². The molecule has 1 aromatic heterocycles. The highest BCUT2D eigenvalue weighted by molar-refractivity contribution is 6.19. The average molecular weight is 614 g/mol. The van der Waals surface area contributed by atoms with Gasteiger partial charge >= 0.3 is 0 Å².